The van der Waals surface area contributed by atoms with Crippen LogP contribution in [0.15, 0.2) is 0 Å². The van der Waals surface area contributed by atoms with E-state index in [0.29, 0.717) is 0 Å². The van der Waals surface area contributed by atoms with E-state index in [2.05, 4.69) is 0 Å². The lowest BCUT2D eigenvalue weighted by atomic mass is 10.2. The van der Waals surface area contributed by atoms with Gasteiger partial charge in [0.2, 0.25) is 0 Å². The number of aliphatic carboxylic acids is 1. The molecule has 0 spiro atoms. The first kappa shape index (κ1) is 13.3. The van der Waals surface area contributed by atoms with Crippen molar-refractivity contribution in [2.75, 3.05) is 13.1 Å². The Morgan fingerprint density at radius 3 is 2.31 bits per heavy atom. The molecule has 0 unspecified atom stereocenters. The number of hydrogen-bond acceptors (Lipinski definition) is 2. The molecule has 0 aromatic heterocycles. The molecule has 1 N–H and O–H groups in total. The molecule has 0 atom stereocenters. The van der Waals surface area contributed by atoms with Crippen molar-refractivity contribution in [3.63, 3.8) is 0 Å². The molecule has 94 valence electrons. The molecule has 0 amide bonds. The lowest BCUT2D eigenvalue weighted by Gasteiger charge is -2.27. The number of alkyl halides is 3. The molecule has 1 rings (SSSR count). The van der Waals surface area contributed by atoms with Gasteiger partial charge in [-0.25, -0.2) is 0 Å². The number of carbonyl (C=O) groups is 1. The molecule has 1 fully saturated rings. The summed E-state index contributed by atoms with van der Waals surface area (Å²) in [5.41, 5.74) is 0. The minimum atomic E-state index is -4.21. The van der Waals surface area contributed by atoms with Crippen LogP contribution in [0.3, 0.4) is 0 Å². The van der Waals surface area contributed by atoms with E-state index in [4.69, 9.17) is 5.11 Å². The van der Waals surface area contributed by atoms with E-state index >= 15 is 0 Å². The zero-order valence-electron chi connectivity index (χ0n) is 8.96. The summed E-state index contributed by atoms with van der Waals surface area (Å²) in [5, 5.41) is 8.65. The van der Waals surface area contributed by atoms with Gasteiger partial charge in [-0.1, -0.05) is 12.8 Å². The highest BCUT2D eigenvalue weighted by Gasteiger charge is 2.31. The predicted molar refractivity (Wildman–Crippen MR) is 52.1 cm³/mol. The van der Waals surface area contributed by atoms with Crippen molar-refractivity contribution < 1.29 is 23.1 Å². The van der Waals surface area contributed by atoms with Crippen LogP contribution in [0.25, 0.3) is 0 Å². The molecule has 6 heteroatoms. The number of carboxylic acid groups (broad SMARTS) is 1. The van der Waals surface area contributed by atoms with E-state index < -0.39 is 18.6 Å². The van der Waals surface area contributed by atoms with Crippen LogP contribution in [-0.2, 0) is 4.79 Å². The topological polar surface area (TPSA) is 40.5 Å². The van der Waals surface area contributed by atoms with Gasteiger partial charge >= 0.3 is 12.1 Å². The summed E-state index contributed by atoms with van der Waals surface area (Å²) >= 11 is 0. The monoisotopic (exact) mass is 239 g/mol. The van der Waals surface area contributed by atoms with Gasteiger partial charge in [0.15, 0.2) is 0 Å². The summed E-state index contributed by atoms with van der Waals surface area (Å²) in [6.07, 6.45) is -1.57. The third-order valence-corrected chi connectivity index (χ3v) is 2.86. The number of halogens is 3. The summed E-state index contributed by atoms with van der Waals surface area (Å²) in [7, 11) is 0. The van der Waals surface area contributed by atoms with Crippen molar-refractivity contribution in [2.24, 2.45) is 0 Å². The standard InChI is InChI=1S/C10H16F3NO2/c11-10(12,13)5-6-14(7-9(15)16)8-3-1-2-4-8/h8H,1-7H2,(H,15,16). The highest BCUT2D eigenvalue weighted by atomic mass is 19.4. The summed E-state index contributed by atoms with van der Waals surface area (Å²) < 4.78 is 36.2. The lowest BCUT2D eigenvalue weighted by molar-refractivity contribution is -0.146. The minimum Gasteiger partial charge on any atom is -0.480 e. The van der Waals surface area contributed by atoms with Gasteiger partial charge in [-0.3, -0.25) is 9.69 Å². The third kappa shape index (κ3) is 4.83. The van der Waals surface area contributed by atoms with Crippen molar-refractivity contribution in [1.82, 2.24) is 4.90 Å². The van der Waals surface area contributed by atoms with Crippen molar-refractivity contribution in [3.05, 3.63) is 0 Å². The maximum atomic E-state index is 12.1. The van der Waals surface area contributed by atoms with Crippen LogP contribution >= 0.6 is 0 Å². The zero-order valence-corrected chi connectivity index (χ0v) is 8.96. The maximum Gasteiger partial charge on any atom is 0.390 e. The molecule has 0 aromatic carbocycles. The lowest BCUT2D eigenvalue weighted by Crippen LogP contribution is -2.39. The summed E-state index contributed by atoms with van der Waals surface area (Å²) in [4.78, 5) is 12.0. The first-order valence-electron chi connectivity index (χ1n) is 5.41. The molecule has 0 radical (unpaired) electrons. The quantitative estimate of drug-likeness (QED) is 0.800. The fraction of sp³-hybridized carbons (Fsp3) is 0.900. The van der Waals surface area contributed by atoms with Crippen LogP contribution in [0, 0.1) is 0 Å². The molecule has 0 aromatic rings. The molecule has 3 nitrogen and oxygen atoms in total. The Morgan fingerprint density at radius 2 is 1.88 bits per heavy atom. The summed E-state index contributed by atoms with van der Waals surface area (Å²) in [6, 6.07) is 0.0125. The van der Waals surface area contributed by atoms with Gasteiger partial charge < -0.3 is 5.11 Å². The largest absolute Gasteiger partial charge is 0.480 e. The average molecular weight is 239 g/mol. The Kier molecular flexibility index (Phi) is 4.58. The van der Waals surface area contributed by atoms with Crippen LogP contribution in [0.1, 0.15) is 32.1 Å². The Labute approximate surface area is 92.2 Å². The van der Waals surface area contributed by atoms with Gasteiger partial charge in [-0.15, -0.1) is 0 Å². The van der Waals surface area contributed by atoms with Gasteiger partial charge in [0.05, 0.1) is 13.0 Å². The molecule has 1 aliphatic carbocycles. The van der Waals surface area contributed by atoms with Gasteiger partial charge in [-0.05, 0) is 12.8 Å². The molecule has 1 saturated carbocycles. The molecular weight excluding hydrogens is 223 g/mol. The van der Waals surface area contributed by atoms with Crippen molar-refractivity contribution >= 4 is 5.97 Å². The first-order valence-corrected chi connectivity index (χ1v) is 5.41. The molecule has 0 aliphatic heterocycles. The van der Waals surface area contributed by atoms with Crippen molar-refractivity contribution in [2.45, 2.75) is 44.3 Å². The highest BCUT2D eigenvalue weighted by Crippen LogP contribution is 2.26. The highest BCUT2D eigenvalue weighted by molar-refractivity contribution is 5.69. The summed E-state index contributed by atoms with van der Waals surface area (Å²) in [5.74, 6) is -1.06. The van der Waals surface area contributed by atoms with Crippen molar-refractivity contribution in [1.29, 1.82) is 0 Å². The van der Waals surface area contributed by atoms with Crippen molar-refractivity contribution in [3.8, 4) is 0 Å². The van der Waals surface area contributed by atoms with E-state index in [9.17, 15) is 18.0 Å². The third-order valence-electron chi connectivity index (χ3n) is 2.86. The van der Waals surface area contributed by atoms with E-state index in [-0.39, 0.29) is 19.1 Å². The second-order valence-electron chi connectivity index (χ2n) is 4.17. The predicted octanol–water partition coefficient (Wildman–Crippen LogP) is 2.27. The minimum absolute atomic E-state index is 0.0125. The van der Waals surface area contributed by atoms with Crippen LogP contribution < -0.4 is 0 Å². The summed E-state index contributed by atoms with van der Waals surface area (Å²) in [6.45, 7) is -0.499. The zero-order chi connectivity index (χ0) is 12.2. The van der Waals surface area contributed by atoms with E-state index in [1.54, 1.807) is 0 Å². The molecule has 1 aliphatic rings. The number of nitrogens with zero attached hydrogens (tertiary/aromatic N) is 1. The van der Waals surface area contributed by atoms with Crippen LogP contribution in [0.2, 0.25) is 0 Å². The molecule has 16 heavy (non-hydrogen) atoms. The van der Waals surface area contributed by atoms with E-state index in [1.807, 2.05) is 0 Å². The molecule has 0 saturated heterocycles. The van der Waals surface area contributed by atoms with E-state index in [1.165, 1.54) is 4.90 Å². The molecule has 0 bridgehead atoms. The van der Waals surface area contributed by atoms with Gasteiger partial charge in [-0.2, -0.15) is 13.2 Å². The van der Waals surface area contributed by atoms with Gasteiger partial charge in [0.1, 0.15) is 0 Å². The smallest absolute Gasteiger partial charge is 0.390 e. The number of rotatable bonds is 5. The van der Waals surface area contributed by atoms with Crippen LogP contribution in [-0.4, -0.2) is 41.3 Å². The van der Waals surface area contributed by atoms with Crippen LogP contribution in [0.4, 0.5) is 13.2 Å². The Hall–Kier alpha value is -0.780. The fourth-order valence-corrected chi connectivity index (χ4v) is 2.10. The maximum absolute atomic E-state index is 12.1. The first-order chi connectivity index (χ1) is 7.38. The number of carboxylic acids is 1. The Balaban J connectivity index is 2.46. The Bertz CT molecular complexity index is 237. The molecular formula is C10H16F3NO2. The van der Waals surface area contributed by atoms with Gasteiger partial charge in [0, 0.05) is 12.6 Å². The van der Waals surface area contributed by atoms with E-state index in [0.717, 1.165) is 25.7 Å². The SMILES string of the molecule is O=C(O)CN(CCC(F)(F)F)C1CCCC1. The normalized spacial score (nSPS) is 18.2. The molecule has 0 heterocycles. The average Bonchev–Trinajstić information content (AvgIpc) is 2.62. The number of hydrogen-bond donors (Lipinski definition) is 1. The van der Waals surface area contributed by atoms with Gasteiger partial charge in [0.25, 0.3) is 0 Å². The van der Waals surface area contributed by atoms with Crippen LogP contribution in [0.5, 0.6) is 0 Å². The second-order valence-corrected chi connectivity index (χ2v) is 4.17. The Morgan fingerprint density at radius 1 is 1.31 bits per heavy atom. The fourth-order valence-electron chi connectivity index (χ4n) is 2.10. The second kappa shape index (κ2) is 5.52.